The highest BCUT2D eigenvalue weighted by molar-refractivity contribution is 6.14. The van der Waals surface area contributed by atoms with Gasteiger partial charge in [0.25, 0.3) is 0 Å². The fourth-order valence-corrected chi connectivity index (χ4v) is 6.41. The normalized spacial score (nSPS) is 26.2. The fourth-order valence-electron chi connectivity index (χ4n) is 6.41. The number of hydrogen-bond acceptors (Lipinski definition) is 12. The number of phenolic OH excluding ortho intramolecular Hbond substituents is 1. The lowest BCUT2D eigenvalue weighted by Gasteiger charge is -2.50. The predicted octanol–water partition coefficient (Wildman–Crippen LogP) is 0.704. The highest BCUT2D eigenvalue weighted by Gasteiger charge is 2.64. The molecule has 230 valence electrons. The van der Waals surface area contributed by atoms with Gasteiger partial charge in [-0.15, -0.1) is 0 Å². The third kappa shape index (κ3) is 4.89. The number of aliphatic hydroxyl groups is 4. The van der Waals surface area contributed by atoms with Crippen LogP contribution in [0.2, 0.25) is 0 Å². The van der Waals surface area contributed by atoms with Gasteiger partial charge in [0, 0.05) is 43.4 Å². The number of phenols is 1. The second-order valence-corrected chi connectivity index (χ2v) is 12.1. The molecule has 3 aliphatic carbocycles. The SMILES string of the molecule is CC(C)COC(=O)NCc1cc(N(C)C)c2c(c1O)C(O)=C1C(=O)[C@]3(O)C(O)=C(C(N)O)C(=O)[C@@H](N(C)C)[C@@H]3C[C@@H]1C2. The van der Waals surface area contributed by atoms with Crippen LogP contribution in [0.3, 0.4) is 0 Å². The lowest BCUT2D eigenvalue weighted by molar-refractivity contribution is -0.154. The number of Topliss-reactive ketones (excluding diaryl/α,β-unsaturated/α-hetero) is 2. The molecule has 8 N–H and O–H groups in total. The van der Waals surface area contributed by atoms with Crippen LogP contribution in [0, 0.1) is 17.8 Å². The van der Waals surface area contributed by atoms with Gasteiger partial charge >= 0.3 is 6.09 Å². The second-order valence-electron chi connectivity index (χ2n) is 12.1. The van der Waals surface area contributed by atoms with E-state index in [9.17, 15) is 39.9 Å². The van der Waals surface area contributed by atoms with Crippen LogP contribution in [0.15, 0.2) is 23.0 Å². The number of carbonyl (C=O) groups excluding carboxylic acids is 3. The van der Waals surface area contributed by atoms with Crippen molar-refractivity contribution in [2.75, 3.05) is 39.7 Å². The Morgan fingerprint density at radius 3 is 2.38 bits per heavy atom. The number of alkyl carbamates (subject to hydrolysis) is 1. The monoisotopic (exact) mass is 588 g/mol. The lowest BCUT2D eigenvalue weighted by Crippen LogP contribution is -2.66. The number of likely N-dealkylation sites (N-methyl/N-ethyl adjacent to an activating group) is 1. The van der Waals surface area contributed by atoms with Crippen LogP contribution in [0.4, 0.5) is 10.5 Å². The number of anilines is 1. The van der Waals surface area contributed by atoms with Gasteiger partial charge in [0.05, 0.1) is 23.8 Å². The van der Waals surface area contributed by atoms with Crippen LogP contribution in [0.25, 0.3) is 5.76 Å². The molecular weight excluding hydrogens is 548 g/mol. The van der Waals surface area contributed by atoms with E-state index in [2.05, 4.69) is 5.32 Å². The highest BCUT2D eigenvalue weighted by Crippen LogP contribution is 2.54. The van der Waals surface area contributed by atoms with Gasteiger partial charge in [-0.25, -0.2) is 4.79 Å². The maximum Gasteiger partial charge on any atom is 0.407 e. The number of amides is 1. The first-order chi connectivity index (χ1) is 19.5. The summed E-state index contributed by atoms with van der Waals surface area (Å²) in [6.45, 7) is 3.84. The standard InChI is InChI=1S/C29H40N4O9/c1-12(2)11-42-28(40)31-10-14-9-17(32(3)4)15-7-13-8-16-21(33(5)6)24(36)20(27(30)39)26(38)29(16,41)25(37)18(13)23(35)19(15)22(14)34/h9,12-13,16,21,27,34-35,38-39,41H,7-8,10-11,30H2,1-6H3,(H,31,40)/t13-,16-,21-,27?,29-/m0/s1. The zero-order valence-corrected chi connectivity index (χ0v) is 24.6. The number of benzene rings is 1. The number of hydrogen-bond donors (Lipinski definition) is 7. The van der Waals surface area contributed by atoms with Gasteiger partial charge in [0.2, 0.25) is 5.78 Å². The Bertz CT molecular complexity index is 1380. The Hall–Kier alpha value is -3.65. The number of nitrogens with zero attached hydrogens (tertiary/aromatic N) is 2. The Labute approximate surface area is 243 Å². The molecule has 5 atom stereocenters. The van der Waals surface area contributed by atoms with E-state index in [1.165, 1.54) is 4.90 Å². The summed E-state index contributed by atoms with van der Waals surface area (Å²) < 4.78 is 5.14. The minimum atomic E-state index is -2.66. The number of ketones is 2. The summed E-state index contributed by atoms with van der Waals surface area (Å²) in [4.78, 5) is 42.8. The molecule has 13 heteroatoms. The molecule has 0 spiro atoms. The minimum Gasteiger partial charge on any atom is -0.508 e. The van der Waals surface area contributed by atoms with E-state index < -0.39 is 64.5 Å². The van der Waals surface area contributed by atoms with Crippen LogP contribution >= 0.6 is 0 Å². The largest absolute Gasteiger partial charge is 0.508 e. The quantitative estimate of drug-likeness (QED) is 0.220. The molecule has 0 aromatic heterocycles. The summed E-state index contributed by atoms with van der Waals surface area (Å²) in [5.74, 6) is -5.41. The minimum absolute atomic E-state index is 0.0201. The van der Waals surface area contributed by atoms with E-state index >= 15 is 0 Å². The van der Waals surface area contributed by atoms with Crippen molar-refractivity contribution in [2.45, 2.75) is 51.1 Å². The number of carbonyl (C=O) groups is 3. The number of fused-ring (bicyclic) bond motifs is 3. The van der Waals surface area contributed by atoms with Crippen molar-refractivity contribution in [3.05, 3.63) is 39.7 Å². The molecule has 42 heavy (non-hydrogen) atoms. The molecule has 1 aromatic carbocycles. The maximum atomic E-state index is 14.1. The van der Waals surface area contributed by atoms with Gasteiger partial charge in [-0.3, -0.25) is 14.5 Å². The Morgan fingerprint density at radius 2 is 1.83 bits per heavy atom. The third-order valence-electron chi connectivity index (χ3n) is 8.32. The maximum absolute atomic E-state index is 14.1. The number of aliphatic hydroxyl groups excluding tert-OH is 3. The Kier molecular flexibility index (Phi) is 8.35. The second kappa shape index (κ2) is 11.2. The molecule has 13 nitrogen and oxygen atoms in total. The fraction of sp³-hybridized carbons (Fsp3) is 0.552. The van der Waals surface area contributed by atoms with E-state index in [-0.39, 0.29) is 54.4 Å². The van der Waals surface area contributed by atoms with Crippen LogP contribution < -0.4 is 16.0 Å². The lowest BCUT2D eigenvalue weighted by atomic mass is 9.57. The van der Waals surface area contributed by atoms with Gasteiger partial charge in [-0.2, -0.15) is 0 Å². The summed E-state index contributed by atoms with van der Waals surface area (Å²) in [7, 11) is 6.69. The van der Waals surface area contributed by atoms with Gasteiger partial charge in [-0.1, -0.05) is 13.8 Å². The molecule has 0 aliphatic heterocycles. The van der Waals surface area contributed by atoms with Crippen LogP contribution in [0.1, 0.15) is 37.0 Å². The third-order valence-corrected chi connectivity index (χ3v) is 8.32. The first-order valence-electron chi connectivity index (χ1n) is 13.8. The zero-order valence-electron chi connectivity index (χ0n) is 24.6. The number of rotatable bonds is 7. The molecule has 4 rings (SSSR count). The van der Waals surface area contributed by atoms with E-state index in [0.717, 1.165) is 0 Å². The summed E-state index contributed by atoms with van der Waals surface area (Å²) in [5, 5.41) is 58.4. The average molecular weight is 589 g/mol. The molecule has 0 radical (unpaired) electrons. The van der Waals surface area contributed by atoms with Crippen LogP contribution in [-0.4, -0.2) is 101 Å². The molecule has 3 aliphatic rings. The summed E-state index contributed by atoms with van der Waals surface area (Å²) in [5.41, 5.74) is 3.38. The number of nitrogens with one attached hydrogen (secondary N) is 1. The molecular formula is C29H40N4O9. The molecule has 1 saturated carbocycles. The van der Waals surface area contributed by atoms with Gasteiger partial charge in [0.1, 0.15) is 23.5 Å². The van der Waals surface area contributed by atoms with Crippen molar-refractivity contribution in [1.29, 1.82) is 0 Å². The smallest absolute Gasteiger partial charge is 0.407 e. The predicted molar refractivity (Wildman–Crippen MR) is 153 cm³/mol. The van der Waals surface area contributed by atoms with Crippen molar-refractivity contribution in [3.8, 4) is 5.75 Å². The average Bonchev–Trinajstić information content (AvgIpc) is 2.88. The Morgan fingerprint density at radius 1 is 1.19 bits per heavy atom. The number of aromatic hydroxyl groups is 1. The van der Waals surface area contributed by atoms with Crippen LogP contribution in [0.5, 0.6) is 5.75 Å². The van der Waals surface area contributed by atoms with Crippen molar-refractivity contribution in [3.63, 3.8) is 0 Å². The first kappa shape index (κ1) is 31.3. The topological polar surface area (TPSA) is 206 Å². The summed E-state index contributed by atoms with van der Waals surface area (Å²) in [6.07, 6.45) is -2.46. The van der Waals surface area contributed by atoms with E-state index in [1.54, 1.807) is 39.2 Å². The van der Waals surface area contributed by atoms with E-state index in [1.807, 2.05) is 13.8 Å². The highest BCUT2D eigenvalue weighted by atomic mass is 16.5. The summed E-state index contributed by atoms with van der Waals surface area (Å²) in [6, 6.07) is 0.575. The number of nitrogens with two attached hydrogens (primary N) is 1. The van der Waals surface area contributed by atoms with Crippen molar-refractivity contribution >= 4 is 29.1 Å². The molecule has 0 bridgehead atoms. The molecule has 0 heterocycles. The van der Waals surface area contributed by atoms with Gasteiger partial charge in [-0.05, 0) is 50.4 Å². The van der Waals surface area contributed by atoms with Crippen molar-refractivity contribution in [1.82, 2.24) is 10.2 Å². The molecule has 1 unspecified atom stereocenters. The van der Waals surface area contributed by atoms with Gasteiger partial charge in [0.15, 0.2) is 11.4 Å². The Balaban J connectivity index is 1.85. The number of ether oxygens (including phenoxy) is 1. The molecule has 1 fully saturated rings. The van der Waals surface area contributed by atoms with E-state index in [0.29, 0.717) is 11.3 Å². The van der Waals surface area contributed by atoms with Crippen LogP contribution in [-0.2, 0) is 27.3 Å². The van der Waals surface area contributed by atoms with E-state index in [4.69, 9.17) is 10.5 Å². The zero-order chi connectivity index (χ0) is 31.4. The van der Waals surface area contributed by atoms with Gasteiger partial charge < -0.3 is 46.2 Å². The summed E-state index contributed by atoms with van der Waals surface area (Å²) >= 11 is 0. The molecule has 1 amide bonds. The van der Waals surface area contributed by atoms with Crippen molar-refractivity contribution in [2.24, 2.45) is 23.5 Å². The first-order valence-corrected chi connectivity index (χ1v) is 13.8. The van der Waals surface area contributed by atoms with Crippen molar-refractivity contribution < 1.29 is 44.7 Å². The molecule has 0 saturated heterocycles. The molecule has 1 aromatic rings.